The minimum absolute atomic E-state index is 0.263. The van der Waals surface area contributed by atoms with Crippen molar-refractivity contribution in [3.8, 4) is 0 Å². The summed E-state index contributed by atoms with van der Waals surface area (Å²) in [5.41, 5.74) is 5.36. The number of nitrogens with two attached hydrogens (primary N) is 1. The van der Waals surface area contributed by atoms with E-state index < -0.39 is 0 Å². The maximum absolute atomic E-state index is 11.3. The molecule has 13 heavy (non-hydrogen) atoms. The predicted molar refractivity (Wildman–Crippen MR) is 53.3 cm³/mol. The van der Waals surface area contributed by atoms with Gasteiger partial charge in [0.15, 0.2) is 0 Å². The molecule has 3 N–H and O–H groups in total. The lowest BCUT2D eigenvalue weighted by Crippen LogP contribution is -2.34. The largest absolute Gasteiger partial charge is 0.356 e. The second-order valence-electron chi connectivity index (χ2n) is 3.77. The zero-order valence-electron chi connectivity index (χ0n) is 8.22. The first kappa shape index (κ1) is 10.5. The van der Waals surface area contributed by atoms with Crippen molar-refractivity contribution < 1.29 is 4.79 Å². The summed E-state index contributed by atoms with van der Waals surface area (Å²) in [7, 11) is 0. The lowest BCUT2D eigenvalue weighted by molar-refractivity contribution is -0.127. The molecular formula is C10H20N2O. The summed E-state index contributed by atoms with van der Waals surface area (Å²) < 4.78 is 0. The van der Waals surface area contributed by atoms with E-state index in [1.807, 2.05) is 0 Å². The topological polar surface area (TPSA) is 55.1 Å². The van der Waals surface area contributed by atoms with Crippen LogP contribution < -0.4 is 11.1 Å². The van der Waals surface area contributed by atoms with Gasteiger partial charge in [0, 0.05) is 12.5 Å². The molecule has 0 aromatic heterocycles. The summed E-state index contributed by atoms with van der Waals surface area (Å²) in [6, 6.07) is 0. The van der Waals surface area contributed by atoms with E-state index in [0.29, 0.717) is 5.92 Å². The van der Waals surface area contributed by atoms with Crippen LogP contribution in [-0.2, 0) is 4.79 Å². The Morgan fingerprint density at radius 3 is 2.62 bits per heavy atom. The van der Waals surface area contributed by atoms with Crippen LogP contribution in [0, 0.1) is 5.92 Å². The molecule has 1 aliphatic rings. The molecule has 0 aromatic carbocycles. The smallest absolute Gasteiger partial charge is 0.223 e. The molecule has 1 amide bonds. The number of carbonyl (C=O) groups is 1. The lowest BCUT2D eigenvalue weighted by atomic mass is 9.85. The predicted octanol–water partition coefficient (Wildman–Crippen LogP) is 1.03. The van der Waals surface area contributed by atoms with Gasteiger partial charge in [0.2, 0.25) is 5.91 Å². The van der Waals surface area contributed by atoms with Crippen molar-refractivity contribution in [2.75, 3.05) is 13.1 Å². The lowest BCUT2D eigenvalue weighted by Gasteiger charge is -2.23. The molecule has 1 rings (SSSR count). The molecule has 0 saturated heterocycles. The van der Waals surface area contributed by atoms with E-state index in [2.05, 4.69) is 5.32 Å². The summed E-state index contributed by atoms with van der Waals surface area (Å²) in [5.74, 6) is 0.591. The van der Waals surface area contributed by atoms with Crippen molar-refractivity contribution >= 4 is 5.91 Å². The fourth-order valence-electron chi connectivity index (χ4n) is 1.47. The Morgan fingerprint density at radius 2 is 2.08 bits per heavy atom. The number of rotatable bonds is 6. The highest BCUT2D eigenvalue weighted by Gasteiger charge is 2.24. The molecule has 0 bridgehead atoms. The van der Waals surface area contributed by atoms with Crippen molar-refractivity contribution in [2.45, 2.75) is 38.5 Å². The Bertz CT molecular complexity index is 155. The molecule has 0 spiro atoms. The van der Waals surface area contributed by atoms with Crippen molar-refractivity contribution in [1.82, 2.24) is 5.32 Å². The van der Waals surface area contributed by atoms with E-state index in [9.17, 15) is 4.79 Å². The van der Waals surface area contributed by atoms with Gasteiger partial charge in [0.25, 0.3) is 0 Å². The zero-order chi connectivity index (χ0) is 9.52. The molecule has 1 fully saturated rings. The average molecular weight is 184 g/mol. The van der Waals surface area contributed by atoms with Gasteiger partial charge in [-0.1, -0.05) is 12.8 Å². The van der Waals surface area contributed by atoms with E-state index >= 15 is 0 Å². The van der Waals surface area contributed by atoms with E-state index in [-0.39, 0.29) is 5.91 Å². The third-order valence-corrected chi connectivity index (χ3v) is 2.66. The number of carbonyl (C=O) groups excluding carboxylic acids is 1. The molecule has 0 aromatic rings. The van der Waals surface area contributed by atoms with Crippen LogP contribution in [0.2, 0.25) is 0 Å². The summed E-state index contributed by atoms with van der Waals surface area (Å²) in [6.45, 7) is 1.59. The summed E-state index contributed by atoms with van der Waals surface area (Å²) in [4.78, 5) is 11.3. The first-order valence-electron chi connectivity index (χ1n) is 5.32. The van der Waals surface area contributed by atoms with Crippen LogP contribution >= 0.6 is 0 Å². The first-order chi connectivity index (χ1) is 6.34. The molecule has 3 heteroatoms. The first-order valence-corrected chi connectivity index (χ1v) is 5.32. The van der Waals surface area contributed by atoms with Crippen molar-refractivity contribution in [3.05, 3.63) is 0 Å². The number of unbranched alkanes of at least 4 members (excludes halogenated alkanes) is 2. The van der Waals surface area contributed by atoms with Gasteiger partial charge in [0.1, 0.15) is 0 Å². The van der Waals surface area contributed by atoms with Crippen molar-refractivity contribution in [1.29, 1.82) is 0 Å². The summed E-state index contributed by atoms with van der Waals surface area (Å²) >= 11 is 0. The van der Waals surface area contributed by atoms with Crippen LogP contribution in [0.4, 0.5) is 0 Å². The van der Waals surface area contributed by atoms with Crippen LogP contribution in [0.1, 0.15) is 38.5 Å². The number of nitrogens with one attached hydrogen (secondary N) is 1. The summed E-state index contributed by atoms with van der Waals surface area (Å²) in [5, 5.41) is 2.96. The van der Waals surface area contributed by atoms with Gasteiger partial charge in [-0.25, -0.2) is 0 Å². The van der Waals surface area contributed by atoms with Crippen LogP contribution in [-0.4, -0.2) is 19.0 Å². The minimum Gasteiger partial charge on any atom is -0.356 e. The third-order valence-electron chi connectivity index (χ3n) is 2.66. The molecule has 0 atom stereocenters. The quantitative estimate of drug-likeness (QED) is 0.606. The van der Waals surface area contributed by atoms with E-state index in [1.165, 1.54) is 6.42 Å². The minimum atomic E-state index is 0.263. The van der Waals surface area contributed by atoms with Gasteiger partial charge in [-0.2, -0.15) is 0 Å². The maximum atomic E-state index is 11.3. The third kappa shape index (κ3) is 3.77. The SMILES string of the molecule is NCCCCCNC(=O)C1CCC1. The molecule has 3 nitrogen and oxygen atoms in total. The van der Waals surface area contributed by atoms with Crippen LogP contribution in [0.3, 0.4) is 0 Å². The van der Waals surface area contributed by atoms with Gasteiger partial charge >= 0.3 is 0 Å². The number of hydrogen-bond donors (Lipinski definition) is 2. The van der Waals surface area contributed by atoms with Gasteiger partial charge in [0.05, 0.1) is 0 Å². The second-order valence-corrected chi connectivity index (χ2v) is 3.77. The average Bonchev–Trinajstić information content (AvgIpc) is 2.01. The van der Waals surface area contributed by atoms with E-state index in [0.717, 1.165) is 45.2 Å². The number of hydrogen-bond acceptors (Lipinski definition) is 2. The molecule has 1 aliphatic carbocycles. The normalized spacial score (nSPS) is 16.7. The Labute approximate surface area is 80.1 Å². The van der Waals surface area contributed by atoms with Gasteiger partial charge in [-0.05, 0) is 32.2 Å². The standard InChI is InChI=1S/C10H20N2O/c11-7-2-1-3-8-12-10(13)9-5-4-6-9/h9H,1-8,11H2,(H,12,13). The van der Waals surface area contributed by atoms with Crippen molar-refractivity contribution in [2.24, 2.45) is 11.7 Å². The van der Waals surface area contributed by atoms with Crippen LogP contribution in [0.5, 0.6) is 0 Å². The van der Waals surface area contributed by atoms with Gasteiger partial charge in [-0.15, -0.1) is 0 Å². The Kier molecular flexibility index (Phi) is 4.83. The maximum Gasteiger partial charge on any atom is 0.223 e. The molecule has 76 valence electrons. The van der Waals surface area contributed by atoms with Crippen LogP contribution in [0.15, 0.2) is 0 Å². The molecule has 0 heterocycles. The highest BCUT2D eigenvalue weighted by atomic mass is 16.1. The van der Waals surface area contributed by atoms with Gasteiger partial charge in [-0.3, -0.25) is 4.79 Å². The number of amides is 1. The molecule has 1 saturated carbocycles. The summed E-state index contributed by atoms with van der Waals surface area (Å²) in [6.07, 6.45) is 6.67. The van der Waals surface area contributed by atoms with E-state index in [1.54, 1.807) is 0 Å². The van der Waals surface area contributed by atoms with Gasteiger partial charge < -0.3 is 11.1 Å². The monoisotopic (exact) mass is 184 g/mol. The van der Waals surface area contributed by atoms with Crippen LogP contribution in [0.25, 0.3) is 0 Å². The molecule has 0 aliphatic heterocycles. The highest BCUT2D eigenvalue weighted by molar-refractivity contribution is 5.79. The van der Waals surface area contributed by atoms with Crippen molar-refractivity contribution in [3.63, 3.8) is 0 Å². The molecular weight excluding hydrogens is 164 g/mol. The Morgan fingerprint density at radius 1 is 1.31 bits per heavy atom. The fraction of sp³-hybridized carbons (Fsp3) is 0.900. The highest BCUT2D eigenvalue weighted by Crippen LogP contribution is 2.25. The fourth-order valence-corrected chi connectivity index (χ4v) is 1.47. The Hall–Kier alpha value is -0.570. The zero-order valence-corrected chi connectivity index (χ0v) is 8.22. The molecule has 0 unspecified atom stereocenters. The van der Waals surface area contributed by atoms with E-state index in [4.69, 9.17) is 5.73 Å². The second kappa shape index (κ2) is 5.97. The Balaban J connectivity index is 1.89. The molecule has 0 radical (unpaired) electrons.